The smallest absolute Gasteiger partial charge is 0.387 e. The maximum Gasteiger partial charge on any atom is 0.387 e. The molecule has 0 bridgehead atoms. The fourth-order valence-corrected chi connectivity index (χ4v) is 2.79. The minimum Gasteiger partial charge on any atom is -0.493 e. The average molecular weight is 450 g/mol. The summed E-state index contributed by atoms with van der Waals surface area (Å²) >= 11 is 0. The van der Waals surface area contributed by atoms with Gasteiger partial charge in [0.15, 0.2) is 11.5 Å². The first kappa shape index (κ1) is 24.7. The van der Waals surface area contributed by atoms with Gasteiger partial charge in [0.25, 0.3) is 5.69 Å². The van der Waals surface area contributed by atoms with Crippen LogP contribution in [0.1, 0.15) is 30.6 Å². The lowest BCUT2D eigenvalue weighted by molar-refractivity contribution is -0.385. The molecule has 0 spiro atoms. The molecule has 32 heavy (non-hydrogen) atoms. The average Bonchev–Trinajstić information content (AvgIpc) is 2.77. The molecule has 0 saturated heterocycles. The molecule has 0 saturated carbocycles. The normalized spacial score (nSPS) is 12.0. The Kier molecular flexibility index (Phi) is 9.55. The first-order valence-corrected chi connectivity index (χ1v) is 9.75. The first-order valence-electron chi connectivity index (χ1n) is 9.75. The predicted molar refractivity (Wildman–Crippen MR) is 114 cm³/mol. The van der Waals surface area contributed by atoms with E-state index in [9.17, 15) is 23.7 Å². The van der Waals surface area contributed by atoms with E-state index in [-0.39, 0.29) is 17.4 Å². The summed E-state index contributed by atoms with van der Waals surface area (Å²) in [5, 5.41) is 13.9. The van der Waals surface area contributed by atoms with Crippen LogP contribution in [0, 0.1) is 10.1 Å². The zero-order chi connectivity index (χ0) is 23.5. The lowest BCUT2D eigenvalue weighted by Gasteiger charge is -2.13. The molecule has 0 fully saturated rings. The number of carbonyl (C=O) groups is 1. The van der Waals surface area contributed by atoms with Gasteiger partial charge in [0, 0.05) is 19.2 Å². The third kappa shape index (κ3) is 7.62. The number of nitro groups is 1. The van der Waals surface area contributed by atoms with Crippen LogP contribution in [-0.2, 0) is 9.53 Å². The van der Waals surface area contributed by atoms with E-state index >= 15 is 0 Å². The van der Waals surface area contributed by atoms with Crippen LogP contribution >= 0.6 is 0 Å². The number of alkyl halides is 2. The van der Waals surface area contributed by atoms with Gasteiger partial charge in [-0.1, -0.05) is 30.3 Å². The molecule has 172 valence electrons. The number of carbonyl (C=O) groups excluding carboxylic acids is 1. The quantitative estimate of drug-likeness (QED) is 0.221. The number of nitrogens with zero attached hydrogens (tertiary/aromatic N) is 1. The Hall–Kier alpha value is -3.53. The van der Waals surface area contributed by atoms with Gasteiger partial charge in [0.05, 0.1) is 29.8 Å². The van der Waals surface area contributed by atoms with Crippen molar-refractivity contribution in [2.24, 2.45) is 0 Å². The molecule has 1 atom stereocenters. The van der Waals surface area contributed by atoms with Gasteiger partial charge in [0.1, 0.15) is 0 Å². The predicted octanol–water partition coefficient (Wildman–Crippen LogP) is 4.50. The molecule has 2 aromatic carbocycles. The zero-order valence-corrected chi connectivity index (χ0v) is 17.6. The van der Waals surface area contributed by atoms with Gasteiger partial charge in [-0.05, 0) is 31.1 Å². The standard InChI is InChI=1S/C22H24F2N2O6/c1-15(16-7-4-3-5-8-16)31-12-6-11-25-21(27)10-9-17-13-19(30-2)20(32-22(23)24)14-18(17)26(28)29/h3-5,7-10,13-15,22H,6,11-12H2,1-2H3,(H,25,27)/b10-9+. The van der Waals surface area contributed by atoms with Crippen LogP contribution in [0.2, 0.25) is 0 Å². The van der Waals surface area contributed by atoms with Crippen LogP contribution in [0.25, 0.3) is 6.08 Å². The molecule has 10 heteroatoms. The minimum absolute atomic E-state index is 0.00337. The summed E-state index contributed by atoms with van der Waals surface area (Å²) in [6, 6.07) is 11.7. The van der Waals surface area contributed by atoms with Crippen LogP contribution in [0.5, 0.6) is 11.5 Å². The maximum atomic E-state index is 12.5. The Balaban J connectivity index is 1.90. The monoisotopic (exact) mass is 450 g/mol. The first-order chi connectivity index (χ1) is 15.3. The summed E-state index contributed by atoms with van der Waals surface area (Å²) in [5.41, 5.74) is 0.555. The fraction of sp³-hybridized carbons (Fsp3) is 0.318. The topological polar surface area (TPSA) is 99.9 Å². The van der Waals surface area contributed by atoms with Gasteiger partial charge in [-0.25, -0.2) is 0 Å². The number of ether oxygens (including phenoxy) is 3. The summed E-state index contributed by atoms with van der Waals surface area (Å²) in [6.07, 6.45) is 2.82. The summed E-state index contributed by atoms with van der Waals surface area (Å²) in [5.74, 6) is -1.07. The Morgan fingerprint density at radius 2 is 1.94 bits per heavy atom. The second-order valence-electron chi connectivity index (χ2n) is 6.60. The number of hydrogen-bond donors (Lipinski definition) is 1. The number of methoxy groups -OCH3 is 1. The van der Waals surface area contributed by atoms with Crippen LogP contribution in [0.4, 0.5) is 14.5 Å². The number of hydrogen-bond acceptors (Lipinski definition) is 6. The fourth-order valence-electron chi connectivity index (χ4n) is 2.79. The Labute approximate surface area is 183 Å². The van der Waals surface area contributed by atoms with Crippen molar-refractivity contribution in [1.82, 2.24) is 5.32 Å². The highest BCUT2D eigenvalue weighted by Gasteiger charge is 2.20. The van der Waals surface area contributed by atoms with Crippen molar-refractivity contribution >= 4 is 17.7 Å². The van der Waals surface area contributed by atoms with Gasteiger partial charge in [0.2, 0.25) is 5.91 Å². The summed E-state index contributed by atoms with van der Waals surface area (Å²) in [6.45, 7) is -0.448. The molecule has 0 radical (unpaired) electrons. The third-order valence-corrected chi connectivity index (χ3v) is 4.40. The molecule has 1 unspecified atom stereocenters. The van der Waals surface area contributed by atoms with Crippen molar-refractivity contribution < 1.29 is 32.7 Å². The lowest BCUT2D eigenvalue weighted by atomic mass is 10.1. The minimum atomic E-state index is -3.17. The Bertz CT molecular complexity index is 938. The number of nitro benzene ring substituents is 1. The molecule has 0 aliphatic carbocycles. The van der Waals surface area contributed by atoms with Gasteiger partial charge >= 0.3 is 6.61 Å². The molecule has 0 aliphatic rings. The molecule has 1 N–H and O–H groups in total. The second kappa shape index (κ2) is 12.4. The molecule has 2 aromatic rings. The number of rotatable bonds is 12. The van der Waals surface area contributed by atoms with Crippen LogP contribution in [-0.4, -0.2) is 37.7 Å². The summed E-state index contributed by atoms with van der Waals surface area (Å²) in [4.78, 5) is 22.5. The van der Waals surface area contributed by atoms with Gasteiger partial charge in [-0.3, -0.25) is 14.9 Å². The lowest BCUT2D eigenvalue weighted by Crippen LogP contribution is -2.23. The van der Waals surface area contributed by atoms with Crippen LogP contribution in [0.3, 0.4) is 0 Å². The Morgan fingerprint density at radius 1 is 1.22 bits per heavy atom. The highest BCUT2D eigenvalue weighted by molar-refractivity contribution is 5.92. The highest BCUT2D eigenvalue weighted by Crippen LogP contribution is 2.36. The van der Waals surface area contributed by atoms with Crippen molar-refractivity contribution in [2.45, 2.75) is 26.1 Å². The maximum absolute atomic E-state index is 12.5. The van der Waals surface area contributed by atoms with Crippen LogP contribution < -0.4 is 14.8 Å². The number of benzene rings is 2. The molecular weight excluding hydrogens is 426 g/mol. The van der Waals surface area contributed by atoms with Crippen molar-refractivity contribution in [1.29, 1.82) is 0 Å². The second-order valence-corrected chi connectivity index (χ2v) is 6.60. The van der Waals surface area contributed by atoms with Gasteiger partial charge < -0.3 is 19.5 Å². The van der Waals surface area contributed by atoms with E-state index in [1.54, 1.807) is 0 Å². The van der Waals surface area contributed by atoms with Gasteiger partial charge in [-0.15, -0.1) is 0 Å². The van der Waals surface area contributed by atoms with Crippen molar-refractivity contribution in [3.05, 3.63) is 69.8 Å². The van der Waals surface area contributed by atoms with Crippen molar-refractivity contribution in [3.63, 3.8) is 0 Å². The third-order valence-electron chi connectivity index (χ3n) is 4.40. The van der Waals surface area contributed by atoms with E-state index in [1.807, 2.05) is 37.3 Å². The largest absolute Gasteiger partial charge is 0.493 e. The molecular formula is C22H24F2N2O6. The Morgan fingerprint density at radius 3 is 2.56 bits per heavy atom. The summed E-state index contributed by atoms with van der Waals surface area (Å²) < 4.78 is 39.9. The number of amides is 1. The zero-order valence-electron chi connectivity index (χ0n) is 17.6. The van der Waals surface area contributed by atoms with Gasteiger partial charge in [-0.2, -0.15) is 8.78 Å². The van der Waals surface area contributed by atoms with E-state index in [1.165, 1.54) is 13.2 Å². The van der Waals surface area contributed by atoms with E-state index in [0.717, 1.165) is 23.8 Å². The number of halogens is 2. The van der Waals surface area contributed by atoms with E-state index in [0.29, 0.717) is 19.6 Å². The van der Waals surface area contributed by atoms with Crippen molar-refractivity contribution in [2.75, 3.05) is 20.3 Å². The SMILES string of the molecule is COc1cc(/C=C/C(=O)NCCCOC(C)c2ccccc2)c([N+](=O)[O-])cc1OC(F)F. The molecule has 0 aromatic heterocycles. The highest BCUT2D eigenvalue weighted by atomic mass is 19.3. The molecule has 0 aliphatic heterocycles. The van der Waals surface area contributed by atoms with Crippen LogP contribution in [0.15, 0.2) is 48.5 Å². The van der Waals surface area contributed by atoms with Crippen molar-refractivity contribution in [3.8, 4) is 11.5 Å². The van der Waals surface area contributed by atoms with E-state index in [4.69, 9.17) is 9.47 Å². The number of nitrogens with one attached hydrogen (secondary N) is 1. The molecule has 2 rings (SSSR count). The molecule has 1 amide bonds. The van der Waals surface area contributed by atoms with E-state index in [2.05, 4.69) is 10.1 Å². The summed E-state index contributed by atoms with van der Waals surface area (Å²) in [7, 11) is 1.21. The van der Waals surface area contributed by atoms with E-state index < -0.39 is 28.9 Å². The molecule has 8 nitrogen and oxygen atoms in total. The molecule has 0 heterocycles.